The quantitative estimate of drug-likeness (QED) is 0.844. The Morgan fingerprint density at radius 3 is 2.64 bits per heavy atom. The van der Waals surface area contributed by atoms with Gasteiger partial charge in [-0.15, -0.1) is 0 Å². The molecular weight excluding hydrogens is 373 g/mol. The zero-order chi connectivity index (χ0) is 20.1. The van der Waals surface area contributed by atoms with Crippen LogP contribution >= 0.6 is 0 Å². The molecule has 2 aliphatic heterocycles. The highest BCUT2D eigenvalue weighted by Crippen LogP contribution is 2.38. The number of carbonyl (C=O) groups is 1. The van der Waals surface area contributed by atoms with Crippen LogP contribution in [0.15, 0.2) is 30.5 Å². The van der Waals surface area contributed by atoms with Crippen molar-refractivity contribution in [1.29, 1.82) is 0 Å². The maximum absolute atomic E-state index is 13.4. The number of nitrogens with two attached hydrogens (primary N) is 1. The molecular formula is C19H21F3N4O2. The molecule has 0 spiro atoms. The maximum Gasteiger partial charge on any atom is 0.418 e. The molecule has 0 saturated carbocycles. The van der Waals surface area contributed by atoms with Gasteiger partial charge in [-0.25, -0.2) is 0 Å². The van der Waals surface area contributed by atoms with E-state index in [1.165, 1.54) is 12.3 Å². The molecule has 9 heteroatoms. The SMILES string of the molecule is C[C@@H]1CN(c2ccc(C(F)(F)F)c3ncccc23)C[C@H](C(=O)N2CC(N)C2)O1. The monoisotopic (exact) mass is 394 g/mol. The number of alkyl halides is 3. The van der Waals surface area contributed by atoms with Crippen molar-refractivity contribution >= 4 is 22.5 Å². The van der Waals surface area contributed by atoms with Crippen molar-refractivity contribution in [1.82, 2.24) is 9.88 Å². The molecule has 1 aromatic heterocycles. The number of benzene rings is 1. The van der Waals surface area contributed by atoms with Crippen molar-refractivity contribution in [3.05, 3.63) is 36.0 Å². The lowest BCUT2D eigenvalue weighted by molar-refractivity contribution is -0.152. The normalized spacial score (nSPS) is 23.8. The molecule has 2 saturated heterocycles. The third kappa shape index (κ3) is 3.40. The molecule has 150 valence electrons. The predicted molar refractivity (Wildman–Crippen MR) is 97.8 cm³/mol. The number of rotatable bonds is 2. The Morgan fingerprint density at radius 2 is 1.96 bits per heavy atom. The summed E-state index contributed by atoms with van der Waals surface area (Å²) < 4.78 is 45.9. The van der Waals surface area contributed by atoms with Gasteiger partial charge in [0.2, 0.25) is 0 Å². The van der Waals surface area contributed by atoms with Crippen molar-refractivity contribution in [2.45, 2.75) is 31.3 Å². The first-order valence-corrected chi connectivity index (χ1v) is 9.13. The Morgan fingerprint density at radius 1 is 1.21 bits per heavy atom. The van der Waals surface area contributed by atoms with Crippen molar-refractivity contribution in [3.8, 4) is 0 Å². The Balaban J connectivity index is 1.66. The number of nitrogens with zero attached hydrogens (tertiary/aromatic N) is 3. The van der Waals surface area contributed by atoms with Gasteiger partial charge in [0.05, 0.1) is 23.7 Å². The first-order valence-electron chi connectivity index (χ1n) is 9.13. The van der Waals surface area contributed by atoms with E-state index in [2.05, 4.69) is 4.98 Å². The summed E-state index contributed by atoms with van der Waals surface area (Å²) in [6.45, 7) is 3.59. The van der Waals surface area contributed by atoms with E-state index < -0.39 is 17.8 Å². The van der Waals surface area contributed by atoms with Crippen LogP contribution < -0.4 is 10.6 Å². The van der Waals surface area contributed by atoms with E-state index in [1.54, 1.807) is 17.0 Å². The number of morpholine rings is 1. The second-order valence-electron chi connectivity index (χ2n) is 7.37. The van der Waals surface area contributed by atoms with E-state index in [0.717, 1.165) is 6.07 Å². The zero-order valence-corrected chi connectivity index (χ0v) is 15.3. The van der Waals surface area contributed by atoms with Crippen LogP contribution in [0.2, 0.25) is 0 Å². The number of likely N-dealkylation sites (tertiary alicyclic amines) is 1. The molecule has 2 N–H and O–H groups in total. The minimum atomic E-state index is -4.49. The molecule has 2 fully saturated rings. The van der Waals surface area contributed by atoms with Gasteiger partial charge in [0.25, 0.3) is 5.91 Å². The van der Waals surface area contributed by atoms with E-state index in [0.29, 0.717) is 30.7 Å². The lowest BCUT2D eigenvalue weighted by Crippen LogP contribution is -2.63. The summed E-state index contributed by atoms with van der Waals surface area (Å²) in [7, 11) is 0. The van der Waals surface area contributed by atoms with Crippen LogP contribution in [0.4, 0.5) is 18.9 Å². The molecule has 2 atom stereocenters. The van der Waals surface area contributed by atoms with Gasteiger partial charge in [0.15, 0.2) is 6.10 Å². The second kappa shape index (κ2) is 6.89. The molecule has 4 rings (SSSR count). The fourth-order valence-corrected chi connectivity index (χ4v) is 3.84. The highest BCUT2D eigenvalue weighted by Gasteiger charge is 2.38. The minimum Gasteiger partial charge on any atom is -0.365 e. The van der Waals surface area contributed by atoms with Gasteiger partial charge >= 0.3 is 6.18 Å². The Hall–Kier alpha value is -2.39. The Bertz CT molecular complexity index is 898. The van der Waals surface area contributed by atoms with E-state index in [1.807, 2.05) is 11.8 Å². The van der Waals surface area contributed by atoms with E-state index in [9.17, 15) is 18.0 Å². The number of amides is 1. The third-order valence-electron chi connectivity index (χ3n) is 5.15. The summed E-state index contributed by atoms with van der Waals surface area (Å²) in [5.74, 6) is -0.132. The second-order valence-corrected chi connectivity index (χ2v) is 7.37. The van der Waals surface area contributed by atoms with E-state index >= 15 is 0 Å². The van der Waals surface area contributed by atoms with Gasteiger partial charge in [0, 0.05) is 42.9 Å². The fraction of sp³-hybridized carbons (Fsp3) is 0.474. The topological polar surface area (TPSA) is 71.7 Å². The largest absolute Gasteiger partial charge is 0.418 e. The number of hydrogen-bond donors (Lipinski definition) is 1. The summed E-state index contributed by atoms with van der Waals surface area (Å²) in [6, 6.07) is 5.73. The highest BCUT2D eigenvalue weighted by atomic mass is 19.4. The average molecular weight is 394 g/mol. The summed E-state index contributed by atoms with van der Waals surface area (Å²) in [4.78, 5) is 20.2. The number of carbonyl (C=O) groups excluding carboxylic acids is 1. The number of aromatic nitrogens is 1. The smallest absolute Gasteiger partial charge is 0.365 e. The Kier molecular flexibility index (Phi) is 4.67. The molecule has 0 bridgehead atoms. The number of hydrogen-bond acceptors (Lipinski definition) is 5. The molecule has 2 aliphatic rings. The molecule has 2 aromatic rings. The van der Waals surface area contributed by atoms with Crippen molar-refractivity contribution in [2.24, 2.45) is 5.73 Å². The zero-order valence-electron chi connectivity index (χ0n) is 15.3. The first kappa shape index (κ1) is 18.9. The summed E-state index contributed by atoms with van der Waals surface area (Å²) >= 11 is 0. The highest BCUT2D eigenvalue weighted by molar-refractivity contribution is 5.94. The van der Waals surface area contributed by atoms with Gasteiger partial charge in [-0.3, -0.25) is 9.78 Å². The van der Waals surface area contributed by atoms with Crippen LogP contribution in [0.5, 0.6) is 0 Å². The van der Waals surface area contributed by atoms with Gasteiger partial charge in [-0.05, 0) is 31.2 Å². The molecule has 0 aliphatic carbocycles. The average Bonchev–Trinajstić information content (AvgIpc) is 2.62. The van der Waals surface area contributed by atoms with Gasteiger partial charge in [0.1, 0.15) is 0 Å². The molecule has 28 heavy (non-hydrogen) atoms. The Labute approximate surface area is 160 Å². The van der Waals surface area contributed by atoms with Crippen LogP contribution in [0.25, 0.3) is 10.9 Å². The number of ether oxygens (including phenoxy) is 1. The van der Waals surface area contributed by atoms with Crippen molar-refractivity contribution in [3.63, 3.8) is 0 Å². The van der Waals surface area contributed by atoms with Crippen molar-refractivity contribution < 1.29 is 22.7 Å². The summed E-state index contributed by atoms with van der Waals surface area (Å²) in [5.41, 5.74) is 5.50. The minimum absolute atomic E-state index is 0.00834. The predicted octanol–water partition coefficient (Wildman–Crippen LogP) is 2.02. The number of anilines is 1. The molecule has 1 aromatic carbocycles. The molecule has 0 unspecified atom stereocenters. The lowest BCUT2D eigenvalue weighted by atomic mass is 10.0. The molecule has 3 heterocycles. The maximum atomic E-state index is 13.4. The van der Waals surface area contributed by atoms with Gasteiger partial charge < -0.3 is 20.3 Å². The van der Waals surface area contributed by atoms with Crippen LogP contribution in [-0.4, -0.2) is 60.2 Å². The molecule has 0 radical (unpaired) electrons. The van der Waals surface area contributed by atoms with Crippen LogP contribution in [0.3, 0.4) is 0 Å². The fourth-order valence-electron chi connectivity index (χ4n) is 3.84. The first-order chi connectivity index (χ1) is 13.2. The van der Waals surface area contributed by atoms with Gasteiger partial charge in [-0.2, -0.15) is 13.2 Å². The number of halogens is 3. The van der Waals surface area contributed by atoms with E-state index in [4.69, 9.17) is 10.5 Å². The van der Waals surface area contributed by atoms with Crippen LogP contribution in [0, 0.1) is 0 Å². The standard InChI is InChI=1S/C19H21F3N4O2/c1-11-7-25(10-16(28-11)18(27)26-8-12(23)9-26)15-5-4-14(19(20,21)22)17-13(15)3-2-6-24-17/h2-6,11-12,16H,7-10,23H2,1H3/t11-,16-/m1/s1. The molecule has 6 nitrogen and oxygen atoms in total. The van der Waals surface area contributed by atoms with Crippen LogP contribution in [0.1, 0.15) is 12.5 Å². The summed E-state index contributed by atoms with van der Waals surface area (Å²) in [5, 5.41) is 0.406. The number of pyridine rings is 1. The van der Waals surface area contributed by atoms with Gasteiger partial charge in [-0.1, -0.05) is 0 Å². The van der Waals surface area contributed by atoms with Crippen molar-refractivity contribution in [2.75, 3.05) is 31.1 Å². The van der Waals surface area contributed by atoms with E-state index in [-0.39, 0.29) is 30.1 Å². The molecule has 1 amide bonds. The number of fused-ring (bicyclic) bond motifs is 1. The lowest BCUT2D eigenvalue weighted by Gasteiger charge is -2.43. The summed E-state index contributed by atoms with van der Waals surface area (Å²) in [6.07, 6.45) is -4.06. The van der Waals surface area contributed by atoms with Crippen LogP contribution in [-0.2, 0) is 15.7 Å². The third-order valence-corrected chi connectivity index (χ3v) is 5.15.